The van der Waals surface area contributed by atoms with E-state index in [2.05, 4.69) is 0 Å². The number of hydrogen-bond acceptors (Lipinski definition) is 4. The van der Waals surface area contributed by atoms with E-state index in [-0.39, 0.29) is 30.9 Å². The first-order valence-electron chi connectivity index (χ1n) is 4.28. The quantitative estimate of drug-likeness (QED) is 0.488. The Morgan fingerprint density at radius 1 is 1.64 bits per heavy atom. The van der Waals surface area contributed by atoms with Crippen molar-refractivity contribution in [2.75, 3.05) is 0 Å². The minimum absolute atomic E-state index is 0.116. The third-order valence-corrected chi connectivity index (χ3v) is 2.15. The van der Waals surface area contributed by atoms with Crippen molar-refractivity contribution in [1.82, 2.24) is 0 Å². The summed E-state index contributed by atoms with van der Waals surface area (Å²) in [5.41, 5.74) is 5.33. The van der Waals surface area contributed by atoms with E-state index in [0.29, 0.717) is 0 Å². The van der Waals surface area contributed by atoms with Crippen LogP contribution in [0, 0.1) is 0 Å². The van der Waals surface area contributed by atoms with Crippen LogP contribution in [0.15, 0.2) is 23.6 Å². The number of allylic oxidation sites excluding steroid dienone is 2. The van der Waals surface area contributed by atoms with Gasteiger partial charge in [0.2, 0.25) is 0 Å². The predicted octanol–water partition coefficient (Wildman–Crippen LogP) is 0.330. The van der Waals surface area contributed by atoms with Crippen LogP contribution in [0.1, 0.15) is 0 Å². The molecule has 0 aromatic heterocycles. The van der Waals surface area contributed by atoms with Crippen LogP contribution in [0.2, 0.25) is 12.6 Å². The normalized spacial score (nSPS) is 18.5. The summed E-state index contributed by atoms with van der Waals surface area (Å²) in [4.78, 5) is 10.4. The van der Waals surface area contributed by atoms with Crippen molar-refractivity contribution in [3.8, 4) is 0 Å². The average molecular weight is 197 g/mol. The number of hydrogen-bond donors (Lipinski definition) is 4. The van der Waals surface area contributed by atoms with Crippen LogP contribution >= 0.6 is 0 Å². The third kappa shape index (κ3) is 2.53. The Kier molecular flexibility index (Phi) is 3.19. The first-order chi connectivity index (χ1) is 6.50. The molecule has 1 rings (SSSR count). The summed E-state index contributed by atoms with van der Waals surface area (Å²) in [6.07, 6.45) is 1.85. The third-order valence-electron chi connectivity index (χ3n) is 2.15. The number of nitrogens with two attached hydrogens (primary N) is 1. The van der Waals surface area contributed by atoms with E-state index in [1.165, 1.54) is 6.08 Å². The highest BCUT2D eigenvalue weighted by Crippen LogP contribution is 2.18. The Morgan fingerprint density at radius 2 is 2.29 bits per heavy atom. The van der Waals surface area contributed by atoms with Crippen molar-refractivity contribution in [3.05, 3.63) is 23.6 Å². The second kappa shape index (κ2) is 4.19. The summed E-state index contributed by atoms with van der Waals surface area (Å²) < 4.78 is 0. The van der Waals surface area contributed by atoms with Gasteiger partial charge in [0.25, 0.3) is 0 Å². The highest BCUT2D eigenvalue weighted by atomic mass is 16.4. The van der Waals surface area contributed by atoms with Crippen LogP contribution in [-0.4, -0.2) is 34.0 Å². The van der Waals surface area contributed by atoms with Gasteiger partial charge < -0.3 is 21.1 Å². The average Bonchev–Trinajstić information content (AvgIpc) is 2.11. The lowest BCUT2D eigenvalue weighted by Crippen LogP contribution is -2.35. The number of carboxylic acids is 1. The maximum Gasteiger partial charge on any atom is 0.319 e. The van der Waals surface area contributed by atoms with E-state index in [0.717, 1.165) is 0 Å². The molecule has 14 heavy (non-hydrogen) atoms. The fourth-order valence-corrected chi connectivity index (χ4v) is 1.33. The number of aliphatic hydroxyl groups excluding tert-OH is 2. The number of rotatable bonds is 3. The highest BCUT2D eigenvalue weighted by Gasteiger charge is 2.24. The largest absolute Gasteiger partial charge is 0.509 e. The standard InChI is InChI=1S/C8H12BNO4/c10-5(8(13)14)3-9-2-1-6(11)7(12)4-9/h1-2,5,11-12H,3-4,10H2,(H,13,14). The van der Waals surface area contributed by atoms with Crippen LogP contribution in [0.5, 0.6) is 0 Å². The van der Waals surface area contributed by atoms with Gasteiger partial charge in [-0.05, 0) is 18.7 Å². The molecule has 0 spiro atoms. The predicted molar refractivity (Wildman–Crippen MR) is 52.4 cm³/mol. The molecule has 0 bridgehead atoms. The van der Waals surface area contributed by atoms with Crippen molar-refractivity contribution < 1.29 is 20.1 Å². The Morgan fingerprint density at radius 3 is 2.79 bits per heavy atom. The molecular weight excluding hydrogens is 185 g/mol. The monoisotopic (exact) mass is 197 g/mol. The molecule has 0 fully saturated rings. The molecule has 0 saturated carbocycles. The Labute approximate surface area is 81.6 Å². The lowest BCUT2D eigenvalue weighted by Gasteiger charge is -2.15. The van der Waals surface area contributed by atoms with Gasteiger partial charge in [-0.3, -0.25) is 4.79 Å². The minimum Gasteiger partial charge on any atom is -0.509 e. The van der Waals surface area contributed by atoms with E-state index in [9.17, 15) is 9.90 Å². The molecule has 0 aliphatic carbocycles. The lowest BCUT2D eigenvalue weighted by atomic mass is 9.42. The van der Waals surface area contributed by atoms with Crippen molar-refractivity contribution in [1.29, 1.82) is 0 Å². The van der Waals surface area contributed by atoms with Gasteiger partial charge in [0.1, 0.15) is 5.76 Å². The zero-order valence-electron chi connectivity index (χ0n) is 7.55. The minimum atomic E-state index is -1.06. The number of aliphatic hydroxyl groups is 2. The van der Waals surface area contributed by atoms with Gasteiger partial charge in [0.05, 0.1) is 6.04 Å². The maximum atomic E-state index is 10.4. The topological polar surface area (TPSA) is 104 Å². The summed E-state index contributed by atoms with van der Waals surface area (Å²) in [6.45, 7) is -0.128. The van der Waals surface area contributed by atoms with Gasteiger partial charge in [0, 0.05) is 0 Å². The molecule has 76 valence electrons. The molecule has 5 N–H and O–H groups in total. The van der Waals surface area contributed by atoms with Crippen LogP contribution in [0.4, 0.5) is 0 Å². The zero-order valence-corrected chi connectivity index (χ0v) is 7.55. The fourth-order valence-electron chi connectivity index (χ4n) is 1.33. The molecule has 5 nitrogen and oxygen atoms in total. The van der Waals surface area contributed by atoms with Crippen molar-refractivity contribution >= 4 is 12.7 Å². The molecule has 0 saturated heterocycles. The first-order valence-corrected chi connectivity index (χ1v) is 4.28. The number of carbonyl (C=O) groups is 1. The summed E-state index contributed by atoms with van der Waals surface area (Å²) in [7, 11) is 0. The molecule has 1 atom stereocenters. The lowest BCUT2D eigenvalue weighted by molar-refractivity contribution is -0.138. The Hall–Kier alpha value is -1.43. The Balaban J connectivity index is 2.52. The fraction of sp³-hybridized carbons (Fsp3) is 0.375. The van der Waals surface area contributed by atoms with Gasteiger partial charge >= 0.3 is 5.97 Å². The Bertz CT molecular complexity index is 300. The van der Waals surface area contributed by atoms with E-state index in [1.807, 2.05) is 0 Å². The van der Waals surface area contributed by atoms with Gasteiger partial charge in [-0.25, -0.2) is 0 Å². The van der Waals surface area contributed by atoms with Crippen LogP contribution < -0.4 is 5.73 Å². The SMILES string of the molecule is NC(CB1C=CC(O)=C(O)C1)C(=O)O. The maximum absolute atomic E-state index is 10.4. The van der Waals surface area contributed by atoms with E-state index >= 15 is 0 Å². The molecule has 0 aromatic rings. The van der Waals surface area contributed by atoms with Gasteiger partial charge in [-0.15, -0.1) is 5.98 Å². The van der Waals surface area contributed by atoms with E-state index in [1.54, 1.807) is 5.98 Å². The van der Waals surface area contributed by atoms with Crippen molar-refractivity contribution in [2.45, 2.75) is 18.7 Å². The summed E-state index contributed by atoms with van der Waals surface area (Å²) in [6, 6.07) is -0.933. The summed E-state index contributed by atoms with van der Waals surface area (Å²) >= 11 is 0. The number of carboxylic acid groups (broad SMARTS) is 1. The summed E-state index contributed by atoms with van der Waals surface area (Å²) in [5.74, 6) is 0.314. The van der Waals surface area contributed by atoms with E-state index < -0.39 is 12.0 Å². The first kappa shape index (κ1) is 10.7. The van der Waals surface area contributed by atoms with Gasteiger partial charge in [-0.1, -0.05) is 0 Å². The molecule has 1 unspecified atom stereocenters. The molecule has 6 heteroatoms. The van der Waals surface area contributed by atoms with Crippen LogP contribution in [0.3, 0.4) is 0 Å². The molecule has 1 aliphatic rings. The van der Waals surface area contributed by atoms with Crippen LogP contribution in [0.25, 0.3) is 0 Å². The number of aliphatic carboxylic acids is 1. The highest BCUT2D eigenvalue weighted by molar-refractivity contribution is 6.65. The molecule has 0 aromatic carbocycles. The molecule has 0 radical (unpaired) electrons. The smallest absolute Gasteiger partial charge is 0.319 e. The zero-order chi connectivity index (χ0) is 10.7. The molecule has 1 heterocycles. The van der Waals surface area contributed by atoms with E-state index in [4.69, 9.17) is 15.9 Å². The van der Waals surface area contributed by atoms with Crippen LogP contribution in [-0.2, 0) is 4.79 Å². The van der Waals surface area contributed by atoms with Crippen molar-refractivity contribution in [3.63, 3.8) is 0 Å². The summed E-state index contributed by atoms with van der Waals surface area (Å²) in [5, 5.41) is 26.8. The second-order valence-corrected chi connectivity index (χ2v) is 3.34. The van der Waals surface area contributed by atoms with Gasteiger partial charge in [0.15, 0.2) is 12.5 Å². The molecule has 0 amide bonds. The second-order valence-electron chi connectivity index (χ2n) is 3.34. The van der Waals surface area contributed by atoms with Crippen molar-refractivity contribution in [2.24, 2.45) is 5.73 Å². The molecular formula is C8H12BNO4. The van der Waals surface area contributed by atoms with Gasteiger partial charge in [-0.2, -0.15) is 0 Å². The molecule has 1 aliphatic heterocycles.